The van der Waals surface area contributed by atoms with Gasteiger partial charge in [-0.15, -0.1) is 0 Å². The number of amides is 1. The lowest BCUT2D eigenvalue weighted by Crippen LogP contribution is -2.58. The molecule has 4 aromatic rings. The molecule has 4 atom stereocenters. The Morgan fingerprint density at radius 1 is 1.16 bits per heavy atom. The van der Waals surface area contributed by atoms with Crippen LogP contribution in [-0.4, -0.2) is 97.1 Å². The first-order valence-corrected chi connectivity index (χ1v) is 22.1. The van der Waals surface area contributed by atoms with Crippen LogP contribution in [0.5, 0.6) is 11.8 Å². The van der Waals surface area contributed by atoms with Crippen LogP contribution in [0.4, 0.5) is 22.4 Å². The maximum atomic E-state index is 16.9. The summed E-state index contributed by atoms with van der Waals surface area (Å²) in [4.78, 5) is 39.2. The minimum absolute atomic E-state index is 0.0696. The number of alkyl carbamates (subject to hydrolysis) is 1. The van der Waals surface area contributed by atoms with Crippen molar-refractivity contribution in [3.63, 3.8) is 0 Å². The Hall–Kier alpha value is -4.72. The van der Waals surface area contributed by atoms with Crippen LogP contribution in [0.3, 0.4) is 0 Å². The second kappa shape index (κ2) is 15.2. The molecule has 0 radical (unpaired) electrons. The quantitative estimate of drug-likeness (QED) is 0.0987. The summed E-state index contributed by atoms with van der Waals surface area (Å²) in [6, 6.07) is 5.86. The van der Waals surface area contributed by atoms with Gasteiger partial charge in [0.05, 0.1) is 22.0 Å². The third kappa shape index (κ3) is 8.19. The first-order chi connectivity index (χ1) is 26.9. The number of hydrogen-bond donors (Lipinski definition) is 3. The molecule has 57 heavy (non-hydrogen) atoms. The molecule has 5 heterocycles. The zero-order valence-corrected chi connectivity index (χ0v) is 34.0. The van der Waals surface area contributed by atoms with Gasteiger partial charge in [-0.1, -0.05) is 38.7 Å². The van der Waals surface area contributed by atoms with Crippen molar-refractivity contribution in [3.05, 3.63) is 58.0 Å². The number of benzene rings is 2. The zero-order valence-electron chi connectivity index (χ0n) is 33.0. The van der Waals surface area contributed by atoms with Crippen molar-refractivity contribution in [1.82, 2.24) is 30.5 Å². The molecule has 7 rings (SSSR count). The second-order valence-corrected chi connectivity index (χ2v) is 22.0. The number of carbonyl (C=O) groups is 1. The molecule has 0 unspecified atom stereocenters. The lowest BCUT2D eigenvalue weighted by atomic mass is 9.91. The topological polar surface area (TPSA) is 131 Å². The Labute approximate surface area is 329 Å². The number of fused-ring (bicyclic) bond motifs is 3. The highest BCUT2D eigenvalue weighted by Gasteiger charge is 2.49. The molecule has 3 aliphatic rings. The molecule has 0 bridgehead atoms. The van der Waals surface area contributed by atoms with Gasteiger partial charge in [0.2, 0.25) is 8.32 Å². The van der Waals surface area contributed by atoms with Gasteiger partial charge in [-0.05, 0) is 68.0 Å². The minimum Gasteiger partial charge on any atom is -0.543 e. The maximum absolute atomic E-state index is 16.9. The molecule has 0 aliphatic carbocycles. The van der Waals surface area contributed by atoms with Crippen LogP contribution in [-0.2, 0) is 4.74 Å². The standard InChI is InChI=1S/C41H48F4N6O5Si/c1-39(2,3)57(5,6)56-27-15-24-10-11-31(44)28(9-7-14-54-38(53)50-40(4)17-25(42)19-46-22-40)32(24)29(16-27)34-33(45)35-30(20-47-34)36(52)49-37(48-35)55-23-41-12-8-13-51(41)21-26(43)18-41/h10-11,15-16,20,25-26,46H,8,12-14,17-19,21-23H2,1-6H3,(H,50,53)(H,48,49,52)/t25-,26-,40-,41+/m1/s1. The minimum atomic E-state index is -2.45. The monoisotopic (exact) mass is 808 g/mol. The van der Waals surface area contributed by atoms with Gasteiger partial charge in [0, 0.05) is 49.6 Å². The number of aromatic amines is 1. The Morgan fingerprint density at radius 3 is 2.70 bits per heavy atom. The molecule has 11 nitrogen and oxygen atoms in total. The van der Waals surface area contributed by atoms with Gasteiger partial charge in [-0.2, -0.15) is 4.98 Å². The van der Waals surface area contributed by atoms with Gasteiger partial charge in [-0.3, -0.25) is 19.7 Å². The van der Waals surface area contributed by atoms with E-state index in [1.165, 1.54) is 18.3 Å². The van der Waals surface area contributed by atoms with E-state index >= 15 is 8.78 Å². The number of rotatable bonds is 8. The van der Waals surface area contributed by atoms with Crippen molar-refractivity contribution in [2.45, 2.75) is 94.9 Å². The van der Waals surface area contributed by atoms with E-state index in [2.05, 4.69) is 76.2 Å². The number of aromatic nitrogens is 3. The summed E-state index contributed by atoms with van der Waals surface area (Å²) in [5.74, 6) is 4.19. The normalized spacial score (nSPS) is 23.9. The number of nitrogens with zero attached hydrogens (tertiary/aromatic N) is 3. The van der Waals surface area contributed by atoms with Crippen molar-refractivity contribution >= 4 is 36.1 Å². The molecule has 1 amide bonds. The summed E-state index contributed by atoms with van der Waals surface area (Å²) in [5, 5.41) is 5.95. The second-order valence-electron chi connectivity index (χ2n) is 17.3. The number of carbonyl (C=O) groups excluding carboxylic acids is 1. The molecule has 2 aromatic carbocycles. The van der Waals surface area contributed by atoms with E-state index in [0.29, 0.717) is 30.6 Å². The molecule has 3 fully saturated rings. The number of ether oxygens (including phenoxy) is 2. The van der Waals surface area contributed by atoms with Gasteiger partial charge in [0.25, 0.3) is 11.6 Å². The van der Waals surface area contributed by atoms with E-state index in [1.807, 2.05) is 0 Å². The van der Waals surface area contributed by atoms with Gasteiger partial charge >= 0.3 is 6.09 Å². The highest BCUT2D eigenvalue weighted by molar-refractivity contribution is 6.74. The number of pyridine rings is 1. The van der Waals surface area contributed by atoms with Crippen molar-refractivity contribution in [1.29, 1.82) is 0 Å². The lowest BCUT2D eigenvalue weighted by molar-refractivity contribution is 0.107. The van der Waals surface area contributed by atoms with Gasteiger partial charge < -0.3 is 24.5 Å². The Balaban J connectivity index is 1.27. The summed E-state index contributed by atoms with van der Waals surface area (Å²) >= 11 is 0. The van der Waals surface area contributed by atoms with Crippen LogP contribution in [0.15, 0.2) is 35.3 Å². The molecular formula is C41H48F4N6O5Si. The molecule has 16 heteroatoms. The highest BCUT2D eigenvalue weighted by atomic mass is 28.4. The zero-order chi connectivity index (χ0) is 40.9. The molecule has 304 valence electrons. The Bertz CT molecular complexity index is 2340. The molecule has 2 aromatic heterocycles. The van der Waals surface area contributed by atoms with E-state index in [-0.39, 0.29) is 63.7 Å². The molecule has 0 saturated carbocycles. The number of nitrogens with one attached hydrogen (secondary N) is 3. The number of alkyl halides is 2. The summed E-state index contributed by atoms with van der Waals surface area (Å²) in [7, 11) is -2.45. The van der Waals surface area contributed by atoms with Gasteiger partial charge in [-0.25, -0.2) is 22.4 Å². The molecule has 3 N–H and O–H groups in total. The van der Waals surface area contributed by atoms with E-state index in [1.54, 1.807) is 19.1 Å². The number of piperidine rings is 1. The largest absolute Gasteiger partial charge is 0.543 e. The summed E-state index contributed by atoms with van der Waals surface area (Å²) in [5.41, 5.74) is -2.60. The van der Waals surface area contributed by atoms with Gasteiger partial charge in [0.1, 0.15) is 41.7 Å². The van der Waals surface area contributed by atoms with Crippen molar-refractivity contribution in [3.8, 4) is 34.9 Å². The Kier molecular flexibility index (Phi) is 10.8. The number of halogens is 4. The number of H-pyrrole nitrogens is 1. The first kappa shape index (κ1) is 40.5. The molecule has 0 spiro atoms. The SMILES string of the molecule is CC(C)(C)[Si](C)(C)Oc1cc(-c2ncc3c(=O)[nH]c(OC[C@@]45CCCN4C[C@H](F)C5)nc3c2F)c2c(C#CCOC(=O)N[C@@]3(C)CNC[C@H](F)C3)c(F)ccc2c1. The summed E-state index contributed by atoms with van der Waals surface area (Å²) in [6.07, 6.45) is 0.313. The average Bonchev–Trinajstić information content (AvgIpc) is 3.65. The predicted octanol–water partition coefficient (Wildman–Crippen LogP) is 6.92. The van der Waals surface area contributed by atoms with E-state index in [9.17, 15) is 18.4 Å². The van der Waals surface area contributed by atoms with Crippen molar-refractivity contribution < 1.29 is 36.3 Å². The summed E-state index contributed by atoms with van der Waals surface area (Å²) < 4.78 is 79.0. The van der Waals surface area contributed by atoms with Crippen LogP contribution in [0.25, 0.3) is 32.9 Å². The maximum Gasteiger partial charge on any atom is 0.408 e. The molecular weight excluding hydrogens is 761 g/mol. The average molecular weight is 809 g/mol. The van der Waals surface area contributed by atoms with Gasteiger partial charge in [0.15, 0.2) is 12.4 Å². The smallest absolute Gasteiger partial charge is 0.408 e. The third-order valence-electron chi connectivity index (χ3n) is 11.8. The van der Waals surface area contributed by atoms with Crippen LogP contribution < -0.4 is 25.4 Å². The summed E-state index contributed by atoms with van der Waals surface area (Å²) in [6.45, 7) is 13.3. The predicted molar refractivity (Wildman–Crippen MR) is 212 cm³/mol. The Morgan fingerprint density at radius 2 is 1.95 bits per heavy atom. The van der Waals surface area contributed by atoms with Crippen LogP contribution >= 0.6 is 0 Å². The van der Waals surface area contributed by atoms with E-state index in [0.717, 1.165) is 19.4 Å². The lowest BCUT2D eigenvalue weighted by Gasteiger charge is -2.36. The fourth-order valence-electron chi connectivity index (χ4n) is 7.92. The van der Waals surface area contributed by atoms with Crippen LogP contribution in [0.2, 0.25) is 18.1 Å². The fraction of sp³-hybridized carbons (Fsp3) is 0.512. The van der Waals surface area contributed by atoms with E-state index in [4.69, 9.17) is 13.9 Å². The van der Waals surface area contributed by atoms with Crippen LogP contribution in [0, 0.1) is 23.5 Å². The molecule has 3 aliphatic heterocycles. The fourth-order valence-corrected chi connectivity index (χ4v) is 8.94. The third-order valence-corrected chi connectivity index (χ3v) is 16.2. The van der Waals surface area contributed by atoms with Crippen LogP contribution in [0.1, 0.15) is 58.9 Å². The van der Waals surface area contributed by atoms with Crippen molar-refractivity contribution in [2.75, 3.05) is 39.4 Å². The van der Waals surface area contributed by atoms with E-state index < -0.39 is 61.6 Å². The van der Waals surface area contributed by atoms with Crippen molar-refractivity contribution in [2.24, 2.45) is 0 Å². The number of hydrogen-bond acceptors (Lipinski definition) is 9. The highest BCUT2D eigenvalue weighted by Crippen LogP contribution is 2.43. The molecule has 3 saturated heterocycles. The first-order valence-electron chi connectivity index (χ1n) is 19.2.